The third-order valence-electron chi connectivity index (χ3n) is 4.40. The first-order valence-corrected chi connectivity index (χ1v) is 7.21. The first-order chi connectivity index (χ1) is 8.34. The number of fused-ring (bicyclic) bond motifs is 1. The predicted molar refractivity (Wildman–Crippen MR) is 72.5 cm³/mol. The average Bonchev–Trinajstić information content (AvgIpc) is 2.39. The van der Waals surface area contributed by atoms with Gasteiger partial charge < -0.3 is 5.32 Å². The van der Waals surface area contributed by atoms with Crippen molar-refractivity contribution in [2.75, 3.05) is 6.54 Å². The molecule has 0 saturated heterocycles. The largest absolute Gasteiger partial charge is 0.312 e. The van der Waals surface area contributed by atoms with Crippen molar-refractivity contribution in [3.8, 4) is 0 Å². The van der Waals surface area contributed by atoms with Crippen LogP contribution in [0.4, 0.5) is 0 Å². The minimum absolute atomic E-state index is 0.719. The highest BCUT2D eigenvalue weighted by molar-refractivity contribution is 6.30. The van der Waals surface area contributed by atoms with Gasteiger partial charge in [-0.3, -0.25) is 0 Å². The molecule has 1 atom stereocenters. The lowest BCUT2D eigenvalue weighted by Crippen LogP contribution is -2.33. The SMILES string of the molecule is Clc1ccc2c(c1)CNCC2C1CCCCC1. The number of nitrogens with one attached hydrogen (secondary N) is 1. The van der Waals surface area contributed by atoms with Gasteiger partial charge in [0.1, 0.15) is 0 Å². The Morgan fingerprint density at radius 2 is 1.94 bits per heavy atom. The number of benzene rings is 1. The number of hydrogen-bond acceptors (Lipinski definition) is 1. The zero-order valence-electron chi connectivity index (χ0n) is 10.2. The van der Waals surface area contributed by atoms with Crippen molar-refractivity contribution in [2.24, 2.45) is 5.92 Å². The zero-order valence-corrected chi connectivity index (χ0v) is 11.0. The van der Waals surface area contributed by atoms with Crippen molar-refractivity contribution in [2.45, 2.75) is 44.6 Å². The summed E-state index contributed by atoms with van der Waals surface area (Å²) >= 11 is 6.08. The van der Waals surface area contributed by atoms with E-state index in [9.17, 15) is 0 Å². The van der Waals surface area contributed by atoms with Gasteiger partial charge in [-0.2, -0.15) is 0 Å². The van der Waals surface area contributed by atoms with Gasteiger partial charge in [0, 0.05) is 18.1 Å². The maximum atomic E-state index is 6.08. The van der Waals surface area contributed by atoms with Crippen molar-refractivity contribution >= 4 is 11.6 Å². The Morgan fingerprint density at radius 3 is 2.76 bits per heavy atom. The lowest BCUT2D eigenvalue weighted by atomic mass is 9.74. The minimum Gasteiger partial charge on any atom is -0.312 e. The maximum absolute atomic E-state index is 6.08. The number of rotatable bonds is 1. The van der Waals surface area contributed by atoms with Crippen molar-refractivity contribution in [3.63, 3.8) is 0 Å². The molecule has 0 amide bonds. The monoisotopic (exact) mass is 249 g/mol. The van der Waals surface area contributed by atoms with Gasteiger partial charge in [0.2, 0.25) is 0 Å². The van der Waals surface area contributed by atoms with Crippen molar-refractivity contribution in [3.05, 3.63) is 34.3 Å². The summed E-state index contributed by atoms with van der Waals surface area (Å²) in [4.78, 5) is 0. The van der Waals surface area contributed by atoms with Crippen LogP contribution in [0.1, 0.15) is 49.1 Å². The molecular weight excluding hydrogens is 230 g/mol. The Morgan fingerprint density at radius 1 is 1.12 bits per heavy atom. The summed E-state index contributed by atoms with van der Waals surface area (Å²) in [5.74, 6) is 1.60. The van der Waals surface area contributed by atoms with Crippen LogP contribution in [0.5, 0.6) is 0 Å². The van der Waals surface area contributed by atoms with Crippen LogP contribution >= 0.6 is 11.6 Å². The van der Waals surface area contributed by atoms with E-state index in [2.05, 4.69) is 23.5 Å². The molecule has 1 aromatic rings. The van der Waals surface area contributed by atoms with Crippen LogP contribution in [0, 0.1) is 5.92 Å². The Bertz CT molecular complexity index is 396. The van der Waals surface area contributed by atoms with E-state index in [1.54, 1.807) is 5.56 Å². The molecule has 1 aliphatic carbocycles. The zero-order chi connectivity index (χ0) is 11.7. The third-order valence-corrected chi connectivity index (χ3v) is 4.64. The fourth-order valence-corrected chi connectivity index (χ4v) is 3.71. The van der Waals surface area contributed by atoms with E-state index in [4.69, 9.17) is 11.6 Å². The standard InChI is InChI=1S/C15H20ClN/c16-13-6-7-14-12(8-13)9-17-10-15(14)11-4-2-1-3-5-11/h6-8,11,15,17H,1-5,9-10H2. The van der Waals surface area contributed by atoms with Gasteiger partial charge in [0.25, 0.3) is 0 Å². The Hall–Kier alpha value is -0.530. The number of hydrogen-bond donors (Lipinski definition) is 1. The van der Waals surface area contributed by atoms with Gasteiger partial charge >= 0.3 is 0 Å². The molecule has 1 saturated carbocycles. The van der Waals surface area contributed by atoms with Crippen LogP contribution in [-0.2, 0) is 6.54 Å². The summed E-state index contributed by atoms with van der Waals surface area (Å²) in [5, 5.41) is 4.43. The minimum atomic E-state index is 0.719. The molecule has 1 aliphatic heterocycles. The topological polar surface area (TPSA) is 12.0 Å². The van der Waals surface area contributed by atoms with Gasteiger partial charge in [0.15, 0.2) is 0 Å². The van der Waals surface area contributed by atoms with E-state index in [1.807, 2.05) is 0 Å². The van der Waals surface area contributed by atoms with E-state index in [-0.39, 0.29) is 0 Å². The number of halogens is 1. The molecule has 3 rings (SSSR count). The third kappa shape index (κ3) is 2.36. The van der Waals surface area contributed by atoms with Gasteiger partial charge in [-0.1, -0.05) is 36.9 Å². The molecule has 0 bridgehead atoms. The lowest BCUT2D eigenvalue weighted by molar-refractivity contribution is 0.288. The highest BCUT2D eigenvalue weighted by Crippen LogP contribution is 2.39. The van der Waals surface area contributed by atoms with E-state index < -0.39 is 0 Å². The average molecular weight is 250 g/mol. The van der Waals surface area contributed by atoms with Crippen LogP contribution in [0.25, 0.3) is 0 Å². The normalized spacial score (nSPS) is 25.6. The van der Waals surface area contributed by atoms with E-state index in [0.717, 1.165) is 29.9 Å². The molecule has 0 aromatic heterocycles. The molecule has 92 valence electrons. The van der Waals surface area contributed by atoms with Crippen molar-refractivity contribution in [1.29, 1.82) is 0 Å². The summed E-state index contributed by atoms with van der Waals surface area (Å²) in [6.07, 6.45) is 7.10. The molecule has 2 heteroatoms. The highest BCUT2D eigenvalue weighted by atomic mass is 35.5. The van der Waals surface area contributed by atoms with E-state index in [0.29, 0.717) is 0 Å². The van der Waals surface area contributed by atoms with Crippen LogP contribution in [-0.4, -0.2) is 6.54 Å². The fraction of sp³-hybridized carbons (Fsp3) is 0.600. The summed E-state index contributed by atoms with van der Waals surface area (Å²) in [5.41, 5.74) is 2.97. The molecule has 1 N–H and O–H groups in total. The predicted octanol–water partition coefficient (Wildman–Crippen LogP) is 4.11. The molecule has 1 heterocycles. The molecule has 2 aliphatic rings. The van der Waals surface area contributed by atoms with Crippen LogP contribution < -0.4 is 5.32 Å². The van der Waals surface area contributed by atoms with E-state index in [1.165, 1.54) is 37.7 Å². The molecular formula is C15H20ClN. The van der Waals surface area contributed by atoms with Crippen LogP contribution in [0.2, 0.25) is 5.02 Å². The van der Waals surface area contributed by atoms with Gasteiger partial charge in [-0.15, -0.1) is 0 Å². The fourth-order valence-electron chi connectivity index (χ4n) is 3.52. The molecule has 1 aromatic carbocycles. The second kappa shape index (κ2) is 4.99. The smallest absolute Gasteiger partial charge is 0.0409 e. The molecule has 0 spiro atoms. The molecule has 0 radical (unpaired) electrons. The lowest BCUT2D eigenvalue weighted by Gasteiger charge is -2.35. The first-order valence-electron chi connectivity index (χ1n) is 6.83. The molecule has 1 nitrogen and oxygen atoms in total. The second-order valence-electron chi connectivity index (χ2n) is 5.48. The summed E-state index contributed by atoms with van der Waals surface area (Å²) in [7, 11) is 0. The van der Waals surface area contributed by atoms with Crippen molar-refractivity contribution in [1.82, 2.24) is 5.32 Å². The van der Waals surface area contributed by atoms with Crippen LogP contribution in [0.15, 0.2) is 18.2 Å². The van der Waals surface area contributed by atoms with E-state index >= 15 is 0 Å². The Balaban J connectivity index is 1.88. The van der Waals surface area contributed by atoms with Gasteiger partial charge in [0.05, 0.1) is 0 Å². The summed E-state index contributed by atoms with van der Waals surface area (Å²) in [6, 6.07) is 6.46. The molecule has 1 fully saturated rings. The first kappa shape index (κ1) is 11.6. The van der Waals surface area contributed by atoms with Gasteiger partial charge in [-0.05, 0) is 47.9 Å². The van der Waals surface area contributed by atoms with Crippen molar-refractivity contribution < 1.29 is 0 Å². The highest BCUT2D eigenvalue weighted by Gasteiger charge is 2.28. The summed E-state index contributed by atoms with van der Waals surface area (Å²) in [6.45, 7) is 2.14. The van der Waals surface area contributed by atoms with Crippen LogP contribution in [0.3, 0.4) is 0 Å². The quantitative estimate of drug-likeness (QED) is 0.790. The maximum Gasteiger partial charge on any atom is 0.0409 e. The Kier molecular flexibility index (Phi) is 3.39. The molecule has 17 heavy (non-hydrogen) atoms. The Labute approximate surface area is 109 Å². The molecule has 1 unspecified atom stereocenters. The summed E-state index contributed by atoms with van der Waals surface area (Å²) < 4.78 is 0. The second-order valence-corrected chi connectivity index (χ2v) is 5.92. The van der Waals surface area contributed by atoms with Gasteiger partial charge in [-0.25, -0.2) is 0 Å².